The van der Waals surface area contributed by atoms with Crippen molar-refractivity contribution >= 4 is 38.6 Å². The summed E-state index contributed by atoms with van der Waals surface area (Å²) in [6, 6.07) is 7.15. The summed E-state index contributed by atoms with van der Waals surface area (Å²) >= 11 is 6.64. The molecule has 0 aliphatic carbocycles. The number of ether oxygens (including phenoxy) is 1. The van der Waals surface area contributed by atoms with Crippen LogP contribution in [0.5, 0.6) is 11.5 Å². The van der Waals surface area contributed by atoms with Gasteiger partial charge in [-0.2, -0.15) is 0 Å². The van der Waals surface area contributed by atoms with Gasteiger partial charge >= 0.3 is 0 Å². The lowest BCUT2D eigenvalue weighted by atomic mass is 10.3. The zero-order valence-corrected chi connectivity index (χ0v) is 12.1. The van der Waals surface area contributed by atoms with E-state index in [0.29, 0.717) is 10.1 Å². The van der Waals surface area contributed by atoms with E-state index in [1.807, 2.05) is 0 Å². The average molecular weight is 320 g/mol. The van der Waals surface area contributed by atoms with E-state index in [9.17, 15) is 13.5 Å². The number of sulfonamides is 1. The number of hydrogen-bond acceptors (Lipinski definition) is 5. The summed E-state index contributed by atoms with van der Waals surface area (Å²) in [5.41, 5.74) is 0.0453. The summed E-state index contributed by atoms with van der Waals surface area (Å²) in [4.78, 5) is 0. The van der Waals surface area contributed by atoms with Gasteiger partial charge in [0.15, 0.2) is 0 Å². The smallest absolute Gasteiger partial charge is 0.271 e. The summed E-state index contributed by atoms with van der Waals surface area (Å²) in [5, 5.41) is 9.64. The van der Waals surface area contributed by atoms with Crippen LogP contribution in [-0.4, -0.2) is 20.6 Å². The van der Waals surface area contributed by atoms with Crippen LogP contribution in [0, 0.1) is 0 Å². The number of benzene rings is 1. The molecule has 0 unspecified atom stereocenters. The summed E-state index contributed by atoms with van der Waals surface area (Å²) in [6.07, 6.45) is 0. The zero-order valence-electron chi connectivity index (χ0n) is 9.75. The Morgan fingerprint density at radius 1 is 1.32 bits per heavy atom. The molecular weight excluding hydrogens is 310 g/mol. The first kappa shape index (κ1) is 14.0. The predicted octanol–water partition coefficient (Wildman–Crippen LogP) is 2.92. The van der Waals surface area contributed by atoms with E-state index in [-0.39, 0.29) is 15.6 Å². The molecule has 0 amide bonds. The first-order valence-corrected chi connectivity index (χ1v) is 7.75. The summed E-state index contributed by atoms with van der Waals surface area (Å²) in [7, 11) is -2.32. The SMILES string of the molecule is COc1ccc(O)c(NS(=O)(=O)c2ccc(Cl)s2)c1. The second kappa shape index (κ2) is 5.28. The van der Waals surface area contributed by atoms with Crippen LogP contribution in [0.1, 0.15) is 0 Å². The van der Waals surface area contributed by atoms with E-state index in [1.54, 1.807) is 0 Å². The van der Waals surface area contributed by atoms with E-state index < -0.39 is 10.0 Å². The Balaban J connectivity index is 2.35. The van der Waals surface area contributed by atoms with Gasteiger partial charge in [-0.25, -0.2) is 8.42 Å². The van der Waals surface area contributed by atoms with Crippen LogP contribution in [-0.2, 0) is 10.0 Å². The summed E-state index contributed by atoms with van der Waals surface area (Å²) in [6.45, 7) is 0. The number of hydrogen-bond donors (Lipinski definition) is 2. The Morgan fingerprint density at radius 2 is 2.05 bits per heavy atom. The number of thiophene rings is 1. The van der Waals surface area contributed by atoms with Gasteiger partial charge in [-0.15, -0.1) is 11.3 Å². The van der Waals surface area contributed by atoms with Crippen LogP contribution in [0.15, 0.2) is 34.5 Å². The molecule has 0 spiro atoms. The number of nitrogens with one attached hydrogen (secondary N) is 1. The van der Waals surface area contributed by atoms with Crippen molar-refractivity contribution in [3.63, 3.8) is 0 Å². The fraction of sp³-hybridized carbons (Fsp3) is 0.0909. The molecule has 1 aromatic carbocycles. The third-order valence-corrected chi connectivity index (χ3v) is 5.35. The van der Waals surface area contributed by atoms with Gasteiger partial charge in [0, 0.05) is 6.07 Å². The van der Waals surface area contributed by atoms with Crippen molar-refractivity contribution < 1.29 is 18.3 Å². The number of anilines is 1. The number of phenolic OH excluding ortho intramolecular Hbond substituents is 1. The third kappa shape index (κ3) is 3.12. The van der Waals surface area contributed by atoms with Crippen LogP contribution in [0.25, 0.3) is 0 Å². The normalized spacial score (nSPS) is 11.3. The van der Waals surface area contributed by atoms with Gasteiger partial charge in [-0.05, 0) is 24.3 Å². The van der Waals surface area contributed by atoms with E-state index in [2.05, 4.69) is 4.72 Å². The van der Waals surface area contributed by atoms with Gasteiger partial charge in [0.25, 0.3) is 10.0 Å². The molecule has 0 atom stereocenters. The Labute approximate surface area is 119 Å². The molecule has 0 radical (unpaired) electrons. The van der Waals surface area contributed by atoms with Crippen molar-refractivity contribution in [2.45, 2.75) is 4.21 Å². The van der Waals surface area contributed by atoms with Crippen molar-refractivity contribution in [1.82, 2.24) is 0 Å². The Bertz CT molecular complexity index is 696. The van der Waals surface area contributed by atoms with Gasteiger partial charge in [0.05, 0.1) is 17.1 Å². The number of aromatic hydroxyl groups is 1. The standard InChI is InChI=1S/C11H10ClNO4S2/c1-17-7-2-3-9(14)8(6-7)13-19(15,16)11-5-4-10(12)18-11/h2-6,13-14H,1H3. The second-order valence-electron chi connectivity index (χ2n) is 3.55. The van der Waals surface area contributed by atoms with Crippen molar-refractivity contribution in [1.29, 1.82) is 0 Å². The molecule has 0 aliphatic heterocycles. The van der Waals surface area contributed by atoms with Gasteiger partial charge in [-0.1, -0.05) is 11.6 Å². The van der Waals surface area contributed by atoms with Gasteiger partial charge < -0.3 is 9.84 Å². The highest BCUT2D eigenvalue weighted by Gasteiger charge is 2.18. The first-order valence-electron chi connectivity index (χ1n) is 5.07. The van der Waals surface area contributed by atoms with Crippen LogP contribution in [0.3, 0.4) is 0 Å². The minimum absolute atomic E-state index is 0.0453. The quantitative estimate of drug-likeness (QED) is 0.850. The molecule has 102 valence electrons. The lowest BCUT2D eigenvalue weighted by Crippen LogP contribution is -2.11. The Hall–Kier alpha value is -1.44. The Morgan fingerprint density at radius 3 is 2.63 bits per heavy atom. The van der Waals surface area contributed by atoms with E-state index in [0.717, 1.165) is 11.3 Å². The minimum atomic E-state index is -3.77. The van der Waals surface area contributed by atoms with Crippen molar-refractivity contribution in [3.8, 4) is 11.5 Å². The molecule has 2 N–H and O–H groups in total. The Kier molecular flexibility index (Phi) is 3.88. The van der Waals surface area contributed by atoms with Crippen LogP contribution in [0.4, 0.5) is 5.69 Å². The molecular formula is C11H10ClNO4S2. The fourth-order valence-corrected chi connectivity index (χ4v) is 3.91. The van der Waals surface area contributed by atoms with Crippen LogP contribution in [0.2, 0.25) is 4.34 Å². The highest BCUT2D eigenvalue weighted by Crippen LogP contribution is 2.32. The number of rotatable bonds is 4. The van der Waals surface area contributed by atoms with Gasteiger partial charge in [-0.3, -0.25) is 4.72 Å². The molecule has 19 heavy (non-hydrogen) atoms. The monoisotopic (exact) mass is 319 g/mol. The molecule has 1 aromatic heterocycles. The molecule has 0 bridgehead atoms. The zero-order chi connectivity index (χ0) is 14.0. The lowest BCUT2D eigenvalue weighted by molar-refractivity contribution is 0.413. The number of halogens is 1. The molecule has 0 saturated heterocycles. The average Bonchev–Trinajstić information content (AvgIpc) is 2.79. The topological polar surface area (TPSA) is 75.6 Å². The fourth-order valence-electron chi connectivity index (χ4n) is 1.36. The van der Waals surface area contributed by atoms with Gasteiger partial charge in [0.1, 0.15) is 15.7 Å². The lowest BCUT2D eigenvalue weighted by Gasteiger charge is -2.09. The van der Waals surface area contributed by atoms with Gasteiger partial charge in [0.2, 0.25) is 0 Å². The molecule has 0 aliphatic rings. The van der Waals surface area contributed by atoms with Crippen molar-refractivity contribution in [2.24, 2.45) is 0 Å². The third-order valence-electron chi connectivity index (χ3n) is 2.26. The highest BCUT2D eigenvalue weighted by molar-refractivity contribution is 7.94. The van der Waals surface area contributed by atoms with Crippen LogP contribution >= 0.6 is 22.9 Å². The predicted molar refractivity (Wildman–Crippen MR) is 74.8 cm³/mol. The molecule has 2 rings (SSSR count). The van der Waals surface area contributed by atoms with Crippen molar-refractivity contribution in [3.05, 3.63) is 34.7 Å². The van der Waals surface area contributed by atoms with E-state index >= 15 is 0 Å². The highest BCUT2D eigenvalue weighted by atomic mass is 35.5. The maximum atomic E-state index is 12.1. The summed E-state index contributed by atoms with van der Waals surface area (Å²) in [5.74, 6) is 0.242. The molecule has 2 aromatic rings. The minimum Gasteiger partial charge on any atom is -0.506 e. The van der Waals surface area contributed by atoms with E-state index in [1.165, 1.54) is 37.4 Å². The molecule has 0 fully saturated rings. The first-order chi connectivity index (χ1) is 8.92. The second-order valence-corrected chi connectivity index (χ2v) is 7.17. The van der Waals surface area contributed by atoms with Crippen molar-refractivity contribution in [2.75, 3.05) is 11.8 Å². The largest absolute Gasteiger partial charge is 0.506 e. The molecule has 1 heterocycles. The number of methoxy groups -OCH3 is 1. The maximum absolute atomic E-state index is 12.1. The molecule has 0 saturated carbocycles. The van der Waals surface area contributed by atoms with Crippen LogP contribution < -0.4 is 9.46 Å². The maximum Gasteiger partial charge on any atom is 0.271 e. The number of phenols is 1. The summed E-state index contributed by atoms with van der Waals surface area (Å²) < 4.78 is 31.8. The molecule has 5 nitrogen and oxygen atoms in total. The molecule has 8 heteroatoms. The van der Waals surface area contributed by atoms with E-state index in [4.69, 9.17) is 16.3 Å².